The molecule has 1 aromatic carbocycles. The van der Waals surface area contributed by atoms with Gasteiger partial charge >= 0.3 is 0 Å². The van der Waals surface area contributed by atoms with E-state index in [0.717, 1.165) is 10.0 Å². The van der Waals surface area contributed by atoms with E-state index < -0.39 is 0 Å². The fraction of sp³-hybridized carbons (Fsp3) is 0.0833. The molecule has 0 fully saturated rings. The van der Waals surface area contributed by atoms with Crippen LogP contribution < -0.4 is 10.9 Å². The molecule has 18 heavy (non-hydrogen) atoms. The smallest absolute Gasteiger partial charge is 0.276 e. The van der Waals surface area contributed by atoms with Crippen LogP contribution in [-0.2, 0) is 0 Å². The Hall–Kier alpha value is -1.95. The molecule has 0 saturated carbocycles. The van der Waals surface area contributed by atoms with Crippen LogP contribution in [0.2, 0.25) is 0 Å². The van der Waals surface area contributed by atoms with Gasteiger partial charge in [0, 0.05) is 16.2 Å². The van der Waals surface area contributed by atoms with Gasteiger partial charge in [-0.15, -0.1) is 0 Å². The number of aromatic nitrogens is 2. The molecule has 1 heterocycles. The molecule has 0 aliphatic heterocycles. The maximum absolute atomic E-state index is 11.9. The van der Waals surface area contributed by atoms with Gasteiger partial charge in [-0.2, -0.15) is 5.10 Å². The van der Waals surface area contributed by atoms with Crippen LogP contribution in [0.1, 0.15) is 16.1 Å². The van der Waals surface area contributed by atoms with Crippen LogP contribution >= 0.6 is 15.9 Å². The molecular weight excluding hydrogens is 298 g/mol. The number of benzene rings is 1. The molecule has 0 radical (unpaired) electrons. The molecule has 2 rings (SSSR count). The highest BCUT2D eigenvalue weighted by atomic mass is 79.9. The third kappa shape index (κ3) is 2.84. The van der Waals surface area contributed by atoms with Crippen LogP contribution in [0, 0.1) is 6.92 Å². The van der Waals surface area contributed by atoms with Gasteiger partial charge in [0.25, 0.3) is 11.5 Å². The number of H-pyrrole nitrogens is 1. The molecule has 0 saturated heterocycles. The van der Waals surface area contributed by atoms with Crippen molar-refractivity contribution in [3.05, 3.63) is 56.4 Å². The predicted octanol–water partition coefficient (Wildman–Crippen LogP) is 2.09. The SMILES string of the molecule is Cc1cc(Br)ccc1NC(=O)c1ccc(=O)[nH]n1. The number of carbonyl (C=O) groups is 1. The van der Waals surface area contributed by atoms with Gasteiger partial charge in [0.1, 0.15) is 5.69 Å². The van der Waals surface area contributed by atoms with Crippen LogP contribution in [0.3, 0.4) is 0 Å². The van der Waals surface area contributed by atoms with Crippen molar-refractivity contribution in [3.63, 3.8) is 0 Å². The number of nitrogens with one attached hydrogen (secondary N) is 2. The molecular formula is C12H10BrN3O2. The largest absolute Gasteiger partial charge is 0.320 e. The number of aromatic amines is 1. The third-order valence-electron chi connectivity index (χ3n) is 2.35. The summed E-state index contributed by atoms with van der Waals surface area (Å²) < 4.78 is 0.945. The predicted molar refractivity (Wildman–Crippen MR) is 71.7 cm³/mol. The number of amides is 1. The average Bonchev–Trinajstić information content (AvgIpc) is 2.33. The second-order valence-electron chi connectivity index (χ2n) is 3.72. The normalized spacial score (nSPS) is 10.1. The van der Waals surface area contributed by atoms with Crippen molar-refractivity contribution in [2.45, 2.75) is 6.92 Å². The molecule has 0 aliphatic rings. The molecule has 5 nitrogen and oxygen atoms in total. The summed E-state index contributed by atoms with van der Waals surface area (Å²) >= 11 is 3.35. The van der Waals surface area contributed by atoms with E-state index in [1.54, 1.807) is 6.07 Å². The van der Waals surface area contributed by atoms with Crippen LogP contribution in [-0.4, -0.2) is 16.1 Å². The zero-order chi connectivity index (χ0) is 13.1. The number of halogens is 1. The first-order valence-corrected chi connectivity index (χ1v) is 5.99. The molecule has 1 aromatic heterocycles. The molecule has 0 spiro atoms. The summed E-state index contributed by atoms with van der Waals surface area (Å²) in [5, 5.41) is 8.61. The Balaban J connectivity index is 2.21. The van der Waals surface area contributed by atoms with E-state index in [4.69, 9.17) is 0 Å². The van der Waals surface area contributed by atoms with Crippen molar-refractivity contribution in [3.8, 4) is 0 Å². The minimum Gasteiger partial charge on any atom is -0.320 e. The van der Waals surface area contributed by atoms with E-state index in [1.807, 2.05) is 19.1 Å². The van der Waals surface area contributed by atoms with Crippen LogP contribution in [0.4, 0.5) is 5.69 Å². The minimum absolute atomic E-state index is 0.164. The number of rotatable bonds is 2. The van der Waals surface area contributed by atoms with E-state index >= 15 is 0 Å². The molecule has 6 heteroatoms. The maximum Gasteiger partial charge on any atom is 0.276 e. The summed E-state index contributed by atoms with van der Waals surface area (Å²) in [5.74, 6) is -0.364. The fourth-order valence-electron chi connectivity index (χ4n) is 1.42. The number of nitrogens with zero attached hydrogens (tertiary/aromatic N) is 1. The first-order chi connectivity index (χ1) is 8.56. The second-order valence-corrected chi connectivity index (χ2v) is 4.64. The molecule has 0 atom stereocenters. The summed E-state index contributed by atoms with van der Waals surface area (Å²) in [5.41, 5.74) is 1.46. The van der Waals surface area contributed by atoms with E-state index in [-0.39, 0.29) is 17.2 Å². The highest BCUT2D eigenvalue weighted by molar-refractivity contribution is 9.10. The number of hydrogen-bond donors (Lipinski definition) is 2. The topological polar surface area (TPSA) is 74.8 Å². The lowest BCUT2D eigenvalue weighted by molar-refractivity contribution is 0.102. The number of aryl methyl sites for hydroxylation is 1. The van der Waals surface area contributed by atoms with Crippen molar-refractivity contribution in [2.75, 3.05) is 5.32 Å². The molecule has 0 unspecified atom stereocenters. The molecule has 1 amide bonds. The Morgan fingerprint density at radius 1 is 1.33 bits per heavy atom. The minimum atomic E-state index is -0.364. The monoisotopic (exact) mass is 307 g/mol. The van der Waals surface area contributed by atoms with Crippen molar-refractivity contribution < 1.29 is 4.79 Å². The zero-order valence-electron chi connectivity index (χ0n) is 9.53. The standard InChI is InChI=1S/C12H10BrN3O2/c1-7-6-8(13)2-3-9(7)14-12(18)10-4-5-11(17)16-15-10/h2-6H,1H3,(H,14,18)(H,16,17). The number of carbonyl (C=O) groups excluding carboxylic acids is 1. The molecule has 2 N–H and O–H groups in total. The Morgan fingerprint density at radius 2 is 2.11 bits per heavy atom. The van der Waals surface area contributed by atoms with E-state index in [0.29, 0.717) is 5.69 Å². The number of hydrogen-bond acceptors (Lipinski definition) is 3. The summed E-state index contributed by atoms with van der Waals surface area (Å²) in [7, 11) is 0. The van der Waals surface area contributed by atoms with E-state index in [1.165, 1.54) is 12.1 Å². The van der Waals surface area contributed by atoms with Gasteiger partial charge in [-0.05, 0) is 36.8 Å². The summed E-state index contributed by atoms with van der Waals surface area (Å²) in [6.07, 6.45) is 0. The average molecular weight is 308 g/mol. The van der Waals surface area contributed by atoms with Crippen LogP contribution in [0.15, 0.2) is 39.6 Å². The Bertz CT molecular complexity index is 632. The van der Waals surface area contributed by atoms with Crippen molar-refractivity contribution >= 4 is 27.5 Å². The lowest BCUT2D eigenvalue weighted by Crippen LogP contribution is -2.17. The lowest BCUT2D eigenvalue weighted by atomic mass is 10.2. The molecule has 0 bridgehead atoms. The van der Waals surface area contributed by atoms with Gasteiger partial charge in [-0.25, -0.2) is 5.10 Å². The lowest BCUT2D eigenvalue weighted by Gasteiger charge is -2.07. The Labute approximate surface area is 111 Å². The Kier molecular flexibility index (Phi) is 3.57. The van der Waals surface area contributed by atoms with Gasteiger partial charge in [0.05, 0.1) is 0 Å². The maximum atomic E-state index is 11.9. The number of anilines is 1. The highest BCUT2D eigenvalue weighted by Crippen LogP contribution is 2.20. The first-order valence-electron chi connectivity index (χ1n) is 5.19. The summed E-state index contributed by atoms with van der Waals surface area (Å²) in [4.78, 5) is 22.7. The van der Waals surface area contributed by atoms with E-state index in [2.05, 4.69) is 31.4 Å². The van der Waals surface area contributed by atoms with Crippen molar-refractivity contribution in [1.82, 2.24) is 10.2 Å². The van der Waals surface area contributed by atoms with Gasteiger partial charge in [-0.1, -0.05) is 15.9 Å². The first kappa shape index (κ1) is 12.5. The van der Waals surface area contributed by atoms with Crippen LogP contribution in [0.25, 0.3) is 0 Å². The zero-order valence-corrected chi connectivity index (χ0v) is 11.1. The van der Waals surface area contributed by atoms with Crippen molar-refractivity contribution in [1.29, 1.82) is 0 Å². The van der Waals surface area contributed by atoms with Gasteiger partial charge in [-0.3, -0.25) is 9.59 Å². The quantitative estimate of drug-likeness (QED) is 0.892. The summed E-state index contributed by atoms with van der Waals surface area (Å²) in [6, 6.07) is 8.17. The molecule has 2 aromatic rings. The van der Waals surface area contributed by atoms with Gasteiger partial charge < -0.3 is 5.32 Å². The summed E-state index contributed by atoms with van der Waals surface area (Å²) in [6.45, 7) is 1.89. The Morgan fingerprint density at radius 3 is 2.72 bits per heavy atom. The third-order valence-corrected chi connectivity index (χ3v) is 2.84. The second kappa shape index (κ2) is 5.14. The molecule has 0 aliphatic carbocycles. The van der Waals surface area contributed by atoms with Gasteiger partial charge in [0.15, 0.2) is 0 Å². The van der Waals surface area contributed by atoms with E-state index in [9.17, 15) is 9.59 Å². The highest BCUT2D eigenvalue weighted by Gasteiger charge is 2.09. The molecule has 92 valence electrons. The van der Waals surface area contributed by atoms with Crippen molar-refractivity contribution in [2.24, 2.45) is 0 Å². The van der Waals surface area contributed by atoms with Crippen LogP contribution in [0.5, 0.6) is 0 Å². The van der Waals surface area contributed by atoms with Gasteiger partial charge in [0.2, 0.25) is 0 Å². The fourth-order valence-corrected chi connectivity index (χ4v) is 1.90.